The van der Waals surface area contributed by atoms with Crippen LogP contribution in [0.3, 0.4) is 0 Å². The number of hydrogen-bond acceptors (Lipinski definition) is 4. The molecule has 2 amide bonds. The summed E-state index contributed by atoms with van der Waals surface area (Å²) in [4.78, 5) is 29.6. The summed E-state index contributed by atoms with van der Waals surface area (Å²) in [5, 5.41) is 3.54. The highest BCUT2D eigenvalue weighted by molar-refractivity contribution is 7.92. The Bertz CT molecular complexity index is 1630. The van der Waals surface area contributed by atoms with Crippen molar-refractivity contribution < 1.29 is 18.0 Å². The largest absolute Gasteiger partial charge is 0.354 e. The minimum absolute atomic E-state index is 0.121. The van der Waals surface area contributed by atoms with Gasteiger partial charge in [-0.3, -0.25) is 13.9 Å². The number of sulfonamides is 1. The molecular formula is C38H46ClN3O4S. The Hall–Kier alpha value is -3.36. The molecule has 7 rings (SSSR count). The highest BCUT2D eigenvalue weighted by atomic mass is 35.5. The molecule has 1 N–H and O–H groups in total. The molecule has 9 heteroatoms. The monoisotopic (exact) mass is 675 g/mol. The molecule has 47 heavy (non-hydrogen) atoms. The zero-order valence-electron chi connectivity index (χ0n) is 27.4. The van der Waals surface area contributed by atoms with Gasteiger partial charge >= 0.3 is 0 Å². The summed E-state index contributed by atoms with van der Waals surface area (Å²) in [5.74, 6) is 1.68. The van der Waals surface area contributed by atoms with Crippen molar-refractivity contribution in [2.24, 2.45) is 17.8 Å². The molecule has 0 aromatic heterocycles. The van der Waals surface area contributed by atoms with Crippen LogP contribution in [-0.4, -0.2) is 50.5 Å². The number of amides is 2. The van der Waals surface area contributed by atoms with Crippen LogP contribution >= 0.6 is 11.6 Å². The third-order valence-electron chi connectivity index (χ3n) is 10.6. The molecule has 3 aromatic rings. The molecule has 250 valence electrons. The van der Waals surface area contributed by atoms with Gasteiger partial charge in [-0.15, -0.1) is 0 Å². The summed E-state index contributed by atoms with van der Waals surface area (Å²) in [5.41, 5.74) is 3.62. The molecule has 0 spiro atoms. The van der Waals surface area contributed by atoms with E-state index < -0.39 is 28.5 Å². The predicted octanol–water partition coefficient (Wildman–Crippen LogP) is 6.74. The van der Waals surface area contributed by atoms with Crippen molar-refractivity contribution in [3.05, 3.63) is 101 Å². The molecule has 4 saturated carbocycles. The third-order valence-corrected chi connectivity index (χ3v) is 12.0. The lowest BCUT2D eigenvalue weighted by Crippen LogP contribution is -2.53. The fourth-order valence-corrected chi connectivity index (χ4v) is 9.74. The second-order valence-electron chi connectivity index (χ2n) is 14.2. The van der Waals surface area contributed by atoms with Crippen LogP contribution in [0.5, 0.6) is 0 Å². The molecule has 0 radical (unpaired) electrons. The Morgan fingerprint density at radius 2 is 1.47 bits per heavy atom. The average molecular weight is 676 g/mol. The molecule has 4 fully saturated rings. The average Bonchev–Trinajstić information content (AvgIpc) is 3.04. The number of carbonyl (C=O) groups excluding carboxylic acids is 2. The van der Waals surface area contributed by atoms with Crippen molar-refractivity contribution in [2.75, 3.05) is 23.7 Å². The number of hydrogen-bond donors (Lipinski definition) is 1. The standard InChI is InChI=1S/C38H46ClN3O4S/c1-3-17-40-37(44)35(21-27-7-5-4-6-8-27)41(25-28-9-13-33(39)14-10-28)36(43)26-42(47(2,45)46)34-15-11-32(12-16-34)38-22-29-18-30(23-38)20-31(19-29)24-38/h4-16,29-31,35H,3,17-26H2,1-2H3,(H,40,44). The molecule has 0 saturated heterocycles. The van der Waals surface area contributed by atoms with E-state index in [1.54, 1.807) is 12.1 Å². The molecule has 0 aliphatic heterocycles. The molecule has 1 unspecified atom stereocenters. The van der Waals surface area contributed by atoms with Crippen molar-refractivity contribution in [3.63, 3.8) is 0 Å². The van der Waals surface area contributed by atoms with Crippen molar-refractivity contribution in [3.8, 4) is 0 Å². The van der Waals surface area contributed by atoms with E-state index in [0.29, 0.717) is 17.3 Å². The van der Waals surface area contributed by atoms with Crippen LogP contribution < -0.4 is 9.62 Å². The maximum absolute atomic E-state index is 14.4. The Labute approximate surface area is 284 Å². The zero-order chi connectivity index (χ0) is 33.2. The van der Waals surface area contributed by atoms with E-state index in [1.165, 1.54) is 53.3 Å². The van der Waals surface area contributed by atoms with E-state index in [-0.39, 0.29) is 24.3 Å². The second kappa shape index (κ2) is 14.0. The van der Waals surface area contributed by atoms with Gasteiger partial charge in [0.2, 0.25) is 21.8 Å². The van der Waals surface area contributed by atoms with Gasteiger partial charge in [0.1, 0.15) is 12.6 Å². The smallest absolute Gasteiger partial charge is 0.244 e. The van der Waals surface area contributed by atoms with E-state index in [2.05, 4.69) is 17.4 Å². The van der Waals surface area contributed by atoms with Gasteiger partial charge in [0.15, 0.2) is 0 Å². The lowest BCUT2D eigenvalue weighted by molar-refractivity contribution is -0.140. The van der Waals surface area contributed by atoms with Gasteiger partial charge in [-0.05, 0) is 109 Å². The van der Waals surface area contributed by atoms with E-state index in [9.17, 15) is 18.0 Å². The first-order valence-corrected chi connectivity index (χ1v) is 19.2. The number of rotatable bonds is 13. The van der Waals surface area contributed by atoms with Crippen LogP contribution in [0, 0.1) is 17.8 Å². The summed E-state index contributed by atoms with van der Waals surface area (Å²) in [6, 6.07) is 23.8. The summed E-state index contributed by atoms with van der Waals surface area (Å²) in [6.45, 7) is 2.14. The summed E-state index contributed by atoms with van der Waals surface area (Å²) < 4.78 is 27.8. The lowest BCUT2D eigenvalue weighted by Gasteiger charge is -2.57. The molecular weight excluding hydrogens is 630 g/mol. The minimum Gasteiger partial charge on any atom is -0.354 e. The Balaban J connectivity index is 1.29. The van der Waals surface area contributed by atoms with Crippen LogP contribution in [0.15, 0.2) is 78.9 Å². The minimum atomic E-state index is -3.83. The summed E-state index contributed by atoms with van der Waals surface area (Å²) in [7, 11) is -3.83. The topological polar surface area (TPSA) is 86.8 Å². The number of benzene rings is 3. The second-order valence-corrected chi connectivity index (χ2v) is 16.5. The van der Waals surface area contributed by atoms with Crippen molar-refractivity contribution in [1.29, 1.82) is 0 Å². The first-order chi connectivity index (χ1) is 22.5. The van der Waals surface area contributed by atoms with Gasteiger partial charge < -0.3 is 10.2 Å². The Morgan fingerprint density at radius 3 is 2.02 bits per heavy atom. The molecule has 3 aromatic carbocycles. The van der Waals surface area contributed by atoms with E-state index in [4.69, 9.17) is 11.6 Å². The normalized spacial score (nSPS) is 23.7. The molecule has 4 aliphatic rings. The molecule has 4 bridgehead atoms. The van der Waals surface area contributed by atoms with Crippen LogP contribution in [0.1, 0.15) is 68.6 Å². The number of halogens is 1. The SMILES string of the molecule is CCCNC(=O)C(Cc1ccccc1)N(Cc1ccc(Cl)cc1)C(=O)CN(c1ccc(C23CC4CC(CC(C4)C2)C3)cc1)S(C)(=O)=O. The van der Waals surface area contributed by atoms with Crippen molar-refractivity contribution in [2.45, 2.75) is 76.3 Å². The van der Waals surface area contributed by atoms with Gasteiger partial charge in [0.05, 0.1) is 11.9 Å². The van der Waals surface area contributed by atoms with Gasteiger partial charge in [-0.2, -0.15) is 0 Å². The fourth-order valence-electron chi connectivity index (χ4n) is 8.77. The van der Waals surface area contributed by atoms with Gasteiger partial charge in [0.25, 0.3) is 0 Å². The number of carbonyl (C=O) groups is 2. The van der Waals surface area contributed by atoms with Crippen LogP contribution in [0.2, 0.25) is 5.02 Å². The van der Waals surface area contributed by atoms with Crippen LogP contribution in [0.25, 0.3) is 0 Å². The molecule has 4 aliphatic carbocycles. The van der Waals surface area contributed by atoms with Crippen LogP contribution in [-0.2, 0) is 38.0 Å². The highest BCUT2D eigenvalue weighted by Gasteiger charge is 2.51. The van der Waals surface area contributed by atoms with E-state index >= 15 is 0 Å². The number of anilines is 1. The van der Waals surface area contributed by atoms with E-state index in [0.717, 1.165) is 41.6 Å². The molecule has 1 atom stereocenters. The summed E-state index contributed by atoms with van der Waals surface area (Å²) in [6.07, 6.45) is 9.89. The van der Waals surface area contributed by atoms with Gasteiger partial charge in [-0.25, -0.2) is 8.42 Å². The highest BCUT2D eigenvalue weighted by Crippen LogP contribution is 2.60. The van der Waals surface area contributed by atoms with Gasteiger partial charge in [0, 0.05) is 24.5 Å². The maximum Gasteiger partial charge on any atom is 0.244 e. The van der Waals surface area contributed by atoms with Gasteiger partial charge in [-0.1, -0.05) is 73.1 Å². The summed E-state index contributed by atoms with van der Waals surface area (Å²) >= 11 is 6.16. The zero-order valence-corrected chi connectivity index (χ0v) is 29.0. The van der Waals surface area contributed by atoms with Crippen molar-refractivity contribution >= 4 is 39.1 Å². The predicted molar refractivity (Wildman–Crippen MR) is 188 cm³/mol. The third kappa shape index (κ3) is 7.70. The Kier molecular flexibility index (Phi) is 10.00. The van der Waals surface area contributed by atoms with Crippen molar-refractivity contribution in [1.82, 2.24) is 10.2 Å². The maximum atomic E-state index is 14.4. The first-order valence-electron chi connectivity index (χ1n) is 17.0. The Morgan fingerprint density at radius 1 is 0.872 bits per heavy atom. The number of nitrogens with zero attached hydrogens (tertiary/aromatic N) is 2. The first kappa shape index (κ1) is 33.5. The number of nitrogens with one attached hydrogen (secondary N) is 1. The van der Waals surface area contributed by atoms with E-state index in [1.807, 2.05) is 61.5 Å². The molecule has 0 heterocycles. The lowest BCUT2D eigenvalue weighted by atomic mass is 9.48. The fraction of sp³-hybridized carbons (Fsp3) is 0.474. The quantitative estimate of drug-likeness (QED) is 0.218. The van der Waals surface area contributed by atoms with Crippen LogP contribution in [0.4, 0.5) is 5.69 Å². The molecule has 7 nitrogen and oxygen atoms in total.